The number of aromatic nitrogens is 2. The molecule has 0 saturated carbocycles. The molecule has 5 nitrogen and oxygen atoms in total. The lowest BCUT2D eigenvalue weighted by Gasteiger charge is -2.13. The standard InChI is InChI=1S/C18H19FN2O3S2/c1-18(2,3)17-21-15(9-25-17)11-26(22,23)10-14-8-24-16(20-14)12-4-6-13(19)7-5-12/h4-9H,10-11H2,1-3H3. The summed E-state index contributed by atoms with van der Waals surface area (Å²) in [6.07, 6.45) is 1.32. The van der Waals surface area contributed by atoms with Gasteiger partial charge in [-0.25, -0.2) is 22.8 Å². The highest BCUT2D eigenvalue weighted by atomic mass is 32.2. The number of hydrogen-bond acceptors (Lipinski definition) is 6. The van der Waals surface area contributed by atoms with Gasteiger partial charge in [-0.15, -0.1) is 11.3 Å². The fraction of sp³-hybridized carbons (Fsp3) is 0.333. The van der Waals surface area contributed by atoms with Gasteiger partial charge in [0.05, 0.1) is 27.9 Å². The molecule has 3 rings (SSSR count). The molecular formula is C18H19FN2O3S2. The van der Waals surface area contributed by atoms with Gasteiger partial charge in [0.15, 0.2) is 9.84 Å². The van der Waals surface area contributed by atoms with E-state index in [9.17, 15) is 12.8 Å². The minimum Gasteiger partial charge on any atom is -0.444 e. The summed E-state index contributed by atoms with van der Waals surface area (Å²) in [7, 11) is -3.43. The smallest absolute Gasteiger partial charge is 0.226 e. The zero-order valence-electron chi connectivity index (χ0n) is 14.7. The van der Waals surface area contributed by atoms with Crippen molar-refractivity contribution in [3.05, 3.63) is 58.1 Å². The number of oxazole rings is 1. The van der Waals surface area contributed by atoms with Crippen LogP contribution >= 0.6 is 11.3 Å². The van der Waals surface area contributed by atoms with Gasteiger partial charge in [0.25, 0.3) is 0 Å². The normalized spacial score (nSPS) is 12.5. The minimum atomic E-state index is -3.43. The third-order valence-electron chi connectivity index (χ3n) is 3.57. The van der Waals surface area contributed by atoms with Crippen LogP contribution in [0, 0.1) is 5.82 Å². The molecule has 0 amide bonds. The number of halogens is 1. The van der Waals surface area contributed by atoms with E-state index in [-0.39, 0.29) is 28.6 Å². The van der Waals surface area contributed by atoms with Crippen LogP contribution in [0.15, 0.2) is 40.3 Å². The lowest BCUT2D eigenvalue weighted by atomic mass is 9.98. The summed E-state index contributed by atoms with van der Waals surface area (Å²) >= 11 is 1.47. The molecule has 8 heteroatoms. The molecule has 0 N–H and O–H groups in total. The molecule has 0 spiro atoms. The zero-order chi connectivity index (χ0) is 18.9. The molecule has 0 bridgehead atoms. The molecule has 0 fully saturated rings. The molecule has 0 aliphatic heterocycles. The maximum Gasteiger partial charge on any atom is 0.226 e. The van der Waals surface area contributed by atoms with Crippen molar-refractivity contribution in [3.8, 4) is 11.5 Å². The number of nitrogens with zero attached hydrogens (tertiary/aromatic N) is 2. The Hall–Kier alpha value is -2.06. The molecule has 138 valence electrons. The van der Waals surface area contributed by atoms with Gasteiger partial charge in [-0.3, -0.25) is 0 Å². The molecule has 0 radical (unpaired) electrons. The van der Waals surface area contributed by atoms with E-state index in [0.717, 1.165) is 5.01 Å². The molecule has 3 aromatic rings. The van der Waals surface area contributed by atoms with Gasteiger partial charge in [0, 0.05) is 16.4 Å². The minimum absolute atomic E-state index is 0.108. The summed E-state index contributed by atoms with van der Waals surface area (Å²) in [5.41, 5.74) is 1.34. The number of hydrogen-bond donors (Lipinski definition) is 0. The fourth-order valence-electron chi connectivity index (χ4n) is 2.32. The summed E-state index contributed by atoms with van der Waals surface area (Å²) in [4.78, 5) is 8.62. The van der Waals surface area contributed by atoms with Gasteiger partial charge in [0.1, 0.15) is 12.1 Å². The van der Waals surface area contributed by atoms with Gasteiger partial charge in [-0.2, -0.15) is 0 Å². The van der Waals surface area contributed by atoms with E-state index in [4.69, 9.17) is 4.42 Å². The van der Waals surface area contributed by atoms with Gasteiger partial charge in [0.2, 0.25) is 5.89 Å². The zero-order valence-corrected chi connectivity index (χ0v) is 16.3. The topological polar surface area (TPSA) is 73.1 Å². The van der Waals surface area contributed by atoms with Gasteiger partial charge >= 0.3 is 0 Å². The second kappa shape index (κ2) is 6.92. The Morgan fingerprint density at radius 1 is 1.08 bits per heavy atom. The maximum absolute atomic E-state index is 13.0. The molecule has 0 unspecified atom stereocenters. The Kier molecular flexibility index (Phi) is 4.98. The quantitative estimate of drug-likeness (QED) is 0.643. The molecule has 0 aliphatic carbocycles. The first kappa shape index (κ1) is 18.7. The van der Waals surface area contributed by atoms with Crippen molar-refractivity contribution in [2.24, 2.45) is 0 Å². The van der Waals surface area contributed by atoms with Crippen LogP contribution in [0.3, 0.4) is 0 Å². The van der Waals surface area contributed by atoms with E-state index in [1.165, 1.54) is 41.9 Å². The summed E-state index contributed by atoms with van der Waals surface area (Å²) in [5.74, 6) is -0.474. The first-order chi connectivity index (χ1) is 12.1. The first-order valence-electron chi connectivity index (χ1n) is 7.98. The predicted octanol–water partition coefficient (Wildman–Crippen LogP) is 4.35. The SMILES string of the molecule is CC(C)(C)c1nc(CS(=O)(=O)Cc2coc(-c3ccc(F)cc3)n2)cs1. The van der Waals surface area contributed by atoms with Crippen LogP contribution in [-0.4, -0.2) is 18.4 Å². The third-order valence-corrected chi connectivity index (χ3v) is 6.36. The number of sulfone groups is 1. The van der Waals surface area contributed by atoms with Crippen molar-refractivity contribution < 1.29 is 17.2 Å². The molecule has 2 heterocycles. The van der Waals surface area contributed by atoms with E-state index in [1.807, 2.05) is 20.8 Å². The van der Waals surface area contributed by atoms with E-state index in [2.05, 4.69) is 9.97 Å². The Bertz CT molecular complexity index is 1000. The van der Waals surface area contributed by atoms with Crippen LogP contribution in [-0.2, 0) is 26.8 Å². The van der Waals surface area contributed by atoms with Crippen molar-refractivity contribution in [3.63, 3.8) is 0 Å². The van der Waals surface area contributed by atoms with Crippen LogP contribution in [0.25, 0.3) is 11.5 Å². The molecule has 2 aromatic heterocycles. The van der Waals surface area contributed by atoms with E-state index < -0.39 is 9.84 Å². The lowest BCUT2D eigenvalue weighted by molar-refractivity contribution is 0.571. The maximum atomic E-state index is 13.0. The van der Waals surface area contributed by atoms with Crippen molar-refractivity contribution in [1.82, 2.24) is 9.97 Å². The van der Waals surface area contributed by atoms with Crippen molar-refractivity contribution >= 4 is 21.2 Å². The molecule has 26 heavy (non-hydrogen) atoms. The average molecular weight is 394 g/mol. The van der Waals surface area contributed by atoms with Gasteiger partial charge in [-0.05, 0) is 24.3 Å². The van der Waals surface area contributed by atoms with Crippen LogP contribution in [0.4, 0.5) is 4.39 Å². The van der Waals surface area contributed by atoms with Crippen LogP contribution < -0.4 is 0 Å². The molecule has 0 saturated heterocycles. The van der Waals surface area contributed by atoms with E-state index >= 15 is 0 Å². The largest absolute Gasteiger partial charge is 0.444 e. The Morgan fingerprint density at radius 3 is 2.35 bits per heavy atom. The molecule has 0 aliphatic rings. The van der Waals surface area contributed by atoms with Crippen molar-refractivity contribution in [1.29, 1.82) is 0 Å². The number of benzene rings is 1. The summed E-state index contributed by atoms with van der Waals surface area (Å²) in [6.45, 7) is 6.11. The highest BCUT2D eigenvalue weighted by molar-refractivity contribution is 7.89. The highest BCUT2D eigenvalue weighted by Crippen LogP contribution is 2.27. The van der Waals surface area contributed by atoms with Gasteiger partial charge in [-0.1, -0.05) is 20.8 Å². The second-order valence-corrected chi connectivity index (χ2v) is 10.00. The number of thiazole rings is 1. The van der Waals surface area contributed by atoms with Crippen molar-refractivity contribution in [2.45, 2.75) is 37.7 Å². The highest BCUT2D eigenvalue weighted by Gasteiger charge is 2.22. The molecular weight excluding hydrogens is 375 g/mol. The summed E-state index contributed by atoms with van der Waals surface area (Å²) in [6, 6.07) is 5.65. The fourth-order valence-corrected chi connectivity index (χ4v) is 4.61. The molecule has 0 atom stereocenters. The Balaban J connectivity index is 1.72. The second-order valence-electron chi connectivity index (χ2n) is 7.08. The lowest BCUT2D eigenvalue weighted by Crippen LogP contribution is -2.12. The van der Waals surface area contributed by atoms with Crippen LogP contribution in [0.2, 0.25) is 0 Å². The molecule has 1 aromatic carbocycles. The third kappa shape index (κ3) is 4.56. The van der Waals surface area contributed by atoms with E-state index in [0.29, 0.717) is 17.0 Å². The monoisotopic (exact) mass is 394 g/mol. The summed E-state index contributed by atoms with van der Waals surface area (Å²) in [5, 5.41) is 2.69. The number of rotatable bonds is 5. The van der Waals surface area contributed by atoms with Crippen LogP contribution in [0.1, 0.15) is 37.2 Å². The van der Waals surface area contributed by atoms with Crippen LogP contribution in [0.5, 0.6) is 0 Å². The predicted molar refractivity (Wildman–Crippen MR) is 99.0 cm³/mol. The Morgan fingerprint density at radius 2 is 1.73 bits per heavy atom. The average Bonchev–Trinajstić information content (AvgIpc) is 3.16. The Labute approximate surface area is 155 Å². The van der Waals surface area contributed by atoms with Crippen molar-refractivity contribution in [2.75, 3.05) is 0 Å². The van der Waals surface area contributed by atoms with Gasteiger partial charge < -0.3 is 4.42 Å². The summed E-state index contributed by atoms with van der Waals surface area (Å²) < 4.78 is 43.2. The van der Waals surface area contributed by atoms with E-state index in [1.54, 1.807) is 5.38 Å². The first-order valence-corrected chi connectivity index (χ1v) is 10.7.